The molecule has 0 aliphatic heterocycles. The van der Waals surface area contributed by atoms with Crippen LogP contribution >= 0.6 is 0 Å². The molecule has 0 aliphatic carbocycles. The number of aryl methyl sites for hydroxylation is 1. The van der Waals surface area contributed by atoms with Gasteiger partial charge in [-0.05, 0) is 11.6 Å². The summed E-state index contributed by atoms with van der Waals surface area (Å²) in [6.45, 7) is 1.13. The fourth-order valence-electron chi connectivity index (χ4n) is 2.54. The highest BCUT2D eigenvalue weighted by atomic mass is 32.2. The first-order valence-corrected chi connectivity index (χ1v) is 10.2. The number of guanidine groups is 1. The molecule has 4 N–H and O–H groups in total. The van der Waals surface area contributed by atoms with E-state index in [1.807, 2.05) is 30.3 Å². The van der Waals surface area contributed by atoms with E-state index < -0.39 is 10.0 Å². The monoisotopic (exact) mass is 393 g/mol. The summed E-state index contributed by atoms with van der Waals surface area (Å²) in [5.41, 5.74) is 1.04. The molecule has 1 atom stereocenters. The molecule has 1 aromatic carbocycles. The summed E-state index contributed by atoms with van der Waals surface area (Å²) in [4.78, 5) is 4.35. The number of aliphatic hydroxyl groups is 1. The summed E-state index contributed by atoms with van der Waals surface area (Å²) in [5.74, 6) is 0.490. The van der Waals surface area contributed by atoms with Crippen molar-refractivity contribution in [3.63, 3.8) is 0 Å². The van der Waals surface area contributed by atoms with Gasteiger partial charge >= 0.3 is 0 Å². The summed E-state index contributed by atoms with van der Waals surface area (Å²) >= 11 is 0. The van der Waals surface area contributed by atoms with Gasteiger partial charge in [0.25, 0.3) is 0 Å². The molecule has 148 valence electrons. The maximum absolute atomic E-state index is 12.1. The lowest BCUT2D eigenvalue weighted by Gasteiger charge is -2.18. The number of nitrogens with zero attached hydrogens (tertiary/aromatic N) is 2. The number of benzene rings is 1. The minimum Gasteiger partial charge on any atom is -0.396 e. The molecule has 1 heterocycles. The van der Waals surface area contributed by atoms with E-state index in [0.717, 1.165) is 5.56 Å². The lowest BCUT2D eigenvalue weighted by molar-refractivity contribution is 0.265. The van der Waals surface area contributed by atoms with Crippen LogP contribution in [0.3, 0.4) is 0 Å². The van der Waals surface area contributed by atoms with Crippen LogP contribution in [-0.4, -0.2) is 57.3 Å². The van der Waals surface area contributed by atoms with Gasteiger partial charge in [0.15, 0.2) is 5.96 Å². The van der Waals surface area contributed by atoms with Crippen molar-refractivity contribution >= 4 is 16.0 Å². The molecule has 1 unspecified atom stereocenters. The van der Waals surface area contributed by atoms with E-state index in [0.29, 0.717) is 19.0 Å². The highest BCUT2D eigenvalue weighted by Crippen LogP contribution is 2.13. The van der Waals surface area contributed by atoms with E-state index in [1.165, 1.54) is 0 Å². The van der Waals surface area contributed by atoms with Crippen LogP contribution in [0.2, 0.25) is 0 Å². The molecule has 2 aromatic rings. The molecule has 0 amide bonds. The first-order chi connectivity index (χ1) is 13.0. The second kappa shape index (κ2) is 10.1. The third kappa shape index (κ3) is 6.38. The summed E-state index contributed by atoms with van der Waals surface area (Å²) in [7, 11) is -0.106. The van der Waals surface area contributed by atoms with Gasteiger partial charge in [-0.25, -0.2) is 13.1 Å². The maximum Gasteiger partial charge on any atom is 0.242 e. The third-order valence-electron chi connectivity index (χ3n) is 4.06. The second-order valence-electron chi connectivity index (χ2n) is 6.08. The van der Waals surface area contributed by atoms with Crippen LogP contribution in [0.5, 0.6) is 0 Å². The molecule has 27 heavy (non-hydrogen) atoms. The second-order valence-corrected chi connectivity index (χ2v) is 7.85. The summed E-state index contributed by atoms with van der Waals surface area (Å²) < 4.78 is 28.5. The van der Waals surface area contributed by atoms with Crippen molar-refractivity contribution in [3.05, 3.63) is 54.4 Å². The van der Waals surface area contributed by atoms with Crippen molar-refractivity contribution in [2.45, 2.75) is 10.8 Å². The Morgan fingerprint density at radius 1 is 1.19 bits per heavy atom. The average Bonchev–Trinajstić information content (AvgIpc) is 3.12. The van der Waals surface area contributed by atoms with E-state index in [4.69, 9.17) is 0 Å². The van der Waals surface area contributed by atoms with E-state index in [-0.39, 0.29) is 24.0 Å². The molecule has 9 heteroatoms. The highest BCUT2D eigenvalue weighted by molar-refractivity contribution is 7.89. The molecule has 0 saturated carbocycles. The number of sulfonamides is 1. The zero-order valence-electron chi connectivity index (χ0n) is 15.6. The SMILES string of the molecule is CN=C(NCCNS(=O)(=O)c1ccn(C)c1)NCC(CO)c1ccccc1. The Kier molecular flexibility index (Phi) is 7.83. The molecule has 0 aliphatic rings. The van der Waals surface area contributed by atoms with Crippen molar-refractivity contribution in [1.29, 1.82) is 0 Å². The summed E-state index contributed by atoms with van der Waals surface area (Å²) in [5, 5.41) is 15.8. The zero-order chi connectivity index (χ0) is 19.7. The molecular formula is C18H27N5O3S. The lowest BCUT2D eigenvalue weighted by Crippen LogP contribution is -2.43. The first kappa shape index (κ1) is 20.9. The largest absolute Gasteiger partial charge is 0.396 e. The Bertz CT molecular complexity index is 834. The number of rotatable bonds is 9. The topological polar surface area (TPSA) is 108 Å². The quantitative estimate of drug-likeness (QED) is 0.277. The van der Waals surface area contributed by atoms with Crippen LogP contribution in [0, 0.1) is 0 Å². The van der Waals surface area contributed by atoms with Crippen molar-refractivity contribution in [2.75, 3.05) is 33.3 Å². The van der Waals surface area contributed by atoms with Gasteiger partial charge in [-0.2, -0.15) is 0 Å². The van der Waals surface area contributed by atoms with E-state index >= 15 is 0 Å². The number of hydrogen-bond donors (Lipinski definition) is 4. The molecule has 0 bridgehead atoms. The number of aliphatic imine (C=N–C) groups is 1. The van der Waals surface area contributed by atoms with Gasteiger partial charge in [0.1, 0.15) is 0 Å². The van der Waals surface area contributed by atoms with E-state index in [1.54, 1.807) is 37.1 Å². The Balaban J connectivity index is 1.77. The molecular weight excluding hydrogens is 366 g/mol. The molecule has 1 aromatic heterocycles. The van der Waals surface area contributed by atoms with E-state index in [2.05, 4.69) is 20.3 Å². The molecule has 0 radical (unpaired) electrons. The fourth-order valence-corrected chi connectivity index (χ4v) is 3.62. The molecule has 0 fully saturated rings. The van der Waals surface area contributed by atoms with E-state index in [9.17, 15) is 13.5 Å². The van der Waals surface area contributed by atoms with Crippen LogP contribution < -0.4 is 15.4 Å². The zero-order valence-corrected chi connectivity index (χ0v) is 16.4. The lowest BCUT2D eigenvalue weighted by atomic mass is 10.0. The summed E-state index contributed by atoms with van der Waals surface area (Å²) in [6.07, 6.45) is 3.23. The van der Waals surface area contributed by atoms with Gasteiger partial charge < -0.3 is 20.3 Å². The van der Waals surface area contributed by atoms with Crippen molar-refractivity contribution in [1.82, 2.24) is 19.9 Å². The van der Waals surface area contributed by atoms with Crippen LogP contribution in [-0.2, 0) is 17.1 Å². The smallest absolute Gasteiger partial charge is 0.242 e. The van der Waals surface area contributed by atoms with Crippen molar-refractivity contribution < 1.29 is 13.5 Å². The van der Waals surface area contributed by atoms with Crippen molar-refractivity contribution in [3.8, 4) is 0 Å². The Morgan fingerprint density at radius 3 is 2.52 bits per heavy atom. The molecule has 0 spiro atoms. The summed E-state index contributed by atoms with van der Waals surface area (Å²) in [6, 6.07) is 11.3. The number of hydrogen-bond acceptors (Lipinski definition) is 4. The third-order valence-corrected chi connectivity index (χ3v) is 5.50. The standard InChI is InChI=1S/C18H27N5O3S/c1-19-18(21-12-16(14-24)15-6-4-3-5-7-15)20-9-10-22-27(25,26)17-8-11-23(2)13-17/h3-8,11,13,16,22,24H,9-10,12,14H2,1-2H3,(H2,19,20,21). The number of aliphatic hydroxyl groups excluding tert-OH is 1. The first-order valence-electron chi connectivity index (χ1n) is 8.68. The van der Waals surface area contributed by atoms with Crippen LogP contribution in [0.1, 0.15) is 11.5 Å². The average molecular weight is 394 g/mol. The van der Waals surface area contributed by atoms with Gasteiger partial charge in [0.2, 0.25) is 10.0 Å². The molecule has 0 saturated heterocycles. The van der Waals surface area contributed by atoms with Gasteiger partial charge in [-0.1, -0.05) is 30.3 Å². The van der Waals surface area contributed by atoms with Gasteiger partial charge in [0, 0.05) is 52.0 Å². The Morgan fingerprint density at radius 2 is 1.93 bits per heavy atom. The predicted molar refractivity (Wildman–Crippen MR) is 106 cm³/mol. The number of aromatic nitrogens is 1. The van der Waals surface area contributed by atoms with Gasteiger partial charge in [-0.3, -0.25) is 4.99 Å². The minimum absolute atomic E-state index is 0.0187. The Labute approximate surface area is 160 Å². The van der Waals surface area contributed by atoms with Crippen LogP contribution in [0.15, 0.2) is 58.7 Å². The van der Waals surface area contributed by atoms with Crippen LogP contribution in [0.4, 0.5) is 0 Å². The Hall–Kier alpha value is -2.36. The normalized spacial score (nSPS) is 13.4. The van der Waals surface area contributed by atoms with Crippen molar-refractivity contribution in [2.24, 2.45) is 12.0 Å². The molecule has 8 nitrogen and oxygen atoms in total. The predicted octanol–water partition coefficient (Wildman–Crippen LogP) is 0.245. The van der Waals surface area contributed by atoms with Gasteiger partial charge in [0.05, 0.1) is 11.5 Å². The van der Waals surface area contributed by atoms with Gasteiger partial charge in [-0.15, -0.1) is 0 Å². The highest BCUT2D eigenvalue weighted by Gasteiger charge is 2.14. The fraction of sp³-hybridized carbons (Fsp3) is 0.389. The number of nitrogens with one attached hydrogen (secondary N) is 3. The molecule has 2 rings (SSSR count). The minimum atomic E-state index is -3.51. The maximum atomic E-state index is 12.1. The van der Waals surface area contributed by atoms with Crippen LogP contribution in [0.25, 0.3) is 0 Å².